The molecule has 8 aromatic carbocycles. The molecular weight excluding hydrogens is 743 g/mol. The highest BCUT2D eigenvalue weighted by Crippen LogP contribution is 2.43. The van der Waals surface area contributed by atoms with E-state index in [1.165, 1.54) is 11.1 Å². The quantitative estimate of drug-likeness (QED) is 0.161. The van der Waals surface area contributed by atoms with Crippen LogP contribution in [-0.4, -0.2) is 4.57 Å². The van der Waals surface area contributed by atoms with Crippen LogP contribution in [0.15, 0.2) is 176 Å². The Morgan fingerprint density at radius 2 is 0.836 bits per heavy atom. The predicted octanol–water partition coefficient (Wildman–Crippen LogP) is 15.2. The van der Waals surface area contributed by atoms with Crippen molar-refractivity contribution in [3.63, 3.8) is 0 Å². The van der Waals surface area contributed by atoms with Gasteiger partial charge >= 0.3 is 0 Å². The van der Waals surface area contributed by atoms with Gasteiger partial charge in [-0.2, -0.15) is 10.5 Å². The van der Waals surface area contributed by atoms with E-state index in [2.05, 4.69) is 214 Å². The fourth-order valence-electron chi connectivity index (χ4n) is 8.43. The van der Waals surface area contributed by atoms with Gasteiger partial charge in [0.25, 0.3) is 0 Å². The molecule has 0 spiro atoms. The Balaban J connectivity index is 1.28. The van der Waals surface area contributed by atoms with Crippen LogP contribution in [0.2, 0.25) is 0 Å². The van der Waals surface area contributed by atoms with Gasteiger partial charge in [-0.1, -0.05) is 114 Å². The number of aromatic nitrogens is 1. The van der Waals surface area contributed by atoms with Gasteiger partial charge in [-0.25, -0.2) is 0 Å². The summed E-state index contributed by atoms with van der Waals surface area (Å²) in [7, 11) is 0. The van der Waals surface area contributed by atoms with Gasteiger partial charge in [0.1, 0.15) is 0 Å². The summed E-state index contributed by atoms with van der Waals surface area (Å²) in [6, 6.07) is 66.5. The number of anilines is 6. The van der Waals surface area contributed by atoms with Crippen LogP contribution >= 0.6 is 0 Å². The first kappa shape index (κ1) is 38.9. The molecule has 0 fully saturated rings. The van der Waals surface area contributed by atoms with Gasteiger partial charge in [0.2, 0.25) is 0 Å². The first-order chi connectivity index (χ1) is 29.4. The van der Waals surface area contributed by atoms with E-state index in [1.54, 1.807) is 6.07 Å². The van der Waals surface area contributed by atoms with Crippen LogP contribution in [0.3, 0.4) is 0 Å². The van der Waals surface area contributed by atoms with Gasteiger partial charge in [-0.05, 0) is 136 Å². The topological polar surface area (TPSA) is 59.0 Å². The molecule has 0 aliphatic carbocycles. The standard InChI is InChI=1S/C56H47N5/c1-55(2,3)42-18-23-46(24-19-42)59(44-13-9-7-10-14-44)48-22-17-40-33-52-51-28-27-49(60(45-15-11-8-12-16-45)47-25-20-43(21-26-47)56(4,5)6)35-54(51)61(53(52)34-41(40)32-48)50-30-38(36-57)29-39(31-50)37-58/h7-35H,1-6H3. The predicted molar refractivity (Wildman–Crippen MR) is 254 cm³/mol. The fraction of sp³-hybridized carbons (Fsp3) is 0.143. The van der Waals surface area contributed by atoms with Crippen LogP contribution in [0.4, 0.5) is 34.1 Å². The van der Waals surface area contributed by atoms with Crippen LogP contribution in [0, 0.1) is 22.7 Å². The first-order valence-corrected chi connectivity index (χ1v) is 20.8. The zero-order chi connectivity index (χ0) is 42.5. The summed E-state index contributed by atoms with van der Waals surface area (Å²) in [6.45, 7) is 13.4. The van der Waals surface area contributed by atoms with Crippen molar-refractivity contribution in [2.45, 2.75) is 52.4 Å². The second kappa shape index (κ2) is 15.2. The molecule has 296 valence electrons. The third kappa shape index (κ3) is 7.37. The number of fused-ring (bicyclic) bond motifs is 4. The lowest BCUT2D eigenvalue weighted by Crippen LogP contribution is -2.13. The minimum atomic E-state index is 0.0258. The van der Waals surface area contributed by atoms with E-state index in [4.69, 9.17) is 0 Å². The summed E-state index contributed by atoms with van der Waals surface area (Å²) in [4.78, 5) is 4.59. The highest BCUT2D eigenvalue weighted by atomic mass is 15.1. The molecule has 0 amide bonds. The van der Waals surface area contributed by atoms with Crippen LogP contribution in [0.25, 0.3) is 38.3 Å². The Bertz CT molecular complexity index is 3120. The molecule has 1 aromatic heterocycles. The molecule has 0 bridgehead atoms. The molecule has 0 aliphatic rings. The van der Waals surface area contributed by atoms with E-state index in [-0.39, 0.29) is 10.8 Å². The number of hydrogen-bond acceptors (Lipinski definition) is 4. The summed E-state index contributed by atoms with van der Waals surface area (Å²) >= 11 is 0. The number of rotatable bonds is 7. The SMILES string of the molecule is CC(C)(C)c1ccc(N(c2ccccc2)c2ccc3cc4c5ccc(N(c6ccccc6)c6ccc(C(C)(C)C)cc6)cc5n(-c5cc(C#N)cc(C#N)c5)c4cc3c2)cc1. The minimum absolute atomic E-state index is 0.0258. The van der Waals surface area contributed by atoms with Gasteiger partial charge in [0, 0.05) is 50.6 Å². The molecule has 0 radical (unpaired) electrons. The van der Waals surface area contributed by atoms with Crippen LogP contribution in [0.5, 0.6) is 0 Å². The fourth-order valence-corrected chi connectivity index (χ4v) is 8.43. The average Bonchev–Trinajstić information content (AvgIpc) is 3.58. The zero-order valence-corrected chi connectivity index (χ0v) is 35.5. The third-order valence-corrected chi connectivity index (χ3v) is 11.7. The van der Waals surface area contributed by atoms with Crippen LogP contribution < -0.4 is 9.80 Å². The Hall–Kier alpha value is -7.60. The summed E-state index contributed by atoms with van der Waals surface area (Å²) in [5, 5.41) is 24.6. The van der Waals surface area contributed by atoms with E-state index in [1.807, 2.05) is 24.3 Å². The Morgan fingerprint density at radius 3 is 1.33 bits per heavy atom. The van der Waals surface area contributed by atoms with E-state index in [0.717, 1.165) is 72.4 Å². The second-order valence-electron chi connectivity index (χ2n) is 17.9. The maximum atomic E-state index is 10.1. The molecule has 1 heterocycles. The van der Waals surface area contributed by atoms with E-state index in [9.17, 15) is 10.5 Å². The minimum Gasteiger partial charge on any atom is -0.310 e. The molecule has 5 nitrogen and oxygen atoms in total. The van der Waals surface area contributed by atoms with Gasteiger partial charge in [0.05, 0.1) is 34.3 Å². The van der Waals surface area contributed by atoms with Crippen molar-refractivity contribution < 1.29 is 0 Å². The lowest BCUT2D eigenvalue weighted by molar-refractivity contribution is 0.590. The van der Waals surface area contributed by atoms with E-state index in [0.29, 0.717) is 11.1 Å². The molecule has 9 aromatic rings. The lowest BCUT2D eigenvalue weighted by atomic mass is 9.87. The van der Waals surface area contributed by atoms with Crippen molar-refractivity contribution in [3.05, 3.63) is 198 Å². The highest BCUT2D eigenvalue weighted by molar-refractivity contribution is 6.15. The smallest absolute Gasteiger partial charge is 0.0992 e. The summed E-state index contributed by atoms with van der Waals surface area (Å²) < 4.78 is 2.22. The first-order valence-electron chi connectivity index (χ1n) is 20.8. The van der Waals surface area contributed by atoms with Crippen molar-refractivity contribution >= 4 is 66.7 Å². The molecule has 0 aliphatic heterocycles. The number of hydrogen-bond donors (Lipinski definition) is 0. The maximum absolute atomic E-state index is 10.1. The summed E-state index contributed by atoms with van der Waals surface area (Å²) in [5.74, 6) is 0. The maximum Gasteiger partial charge on any atom is 0.0992 e. The molecule has 0 unspecified atom stereocenters. The largest absolute Gasteiger partial charge is 0.310 e. The molecule has 0 saturated carbocycles. The van der Waals surface area contributed by atoms with Crippen molar-refractivity contribution in [1.82, 2.24) is 4.57 Å². The Kier molecular flexibility index (Phi) is 9.70. The van der Waals surface area contributed by atoms with Gasteiger partial charge in [-0.15, -0.1) is 0 Å². The second-order valence-corrected chi connectivity index (χ2v) is 17.9. The van der Waals surface area contributed by atoms with Gasteiger partial charge in [0.15, 0.2) is 0 Å². The summed E-state index contributed by atoms with van der Waals surface area (Å²) in [6.07, 6.45) is 0. The lowest BCUT2D eigenvalue weighted by Gasteiger charge is -2.27. The summed E-state index contributed by atoms with van der Waals surface area (Å²) in [5.41, 5.74) is 12.5. The number of para-hydroxylation sites is 2. The van der Waals surface area contributed by atoms with E-state index >= 15 is 0 Å². The third-order valence-electron chi connectivity index (χ3n) is 11.7. The van der Waals surface area contributed by atoms with Crippen molar-refractivity contribution in [1.29, 1.82) is 10.5 Å². The van der Waals surface area contributed by atoms with Gasteiger partial charge < -0.3 is 14.4 Å². The molecule has 0 N–H and O–H groups in total. The molecule has 0 saturated heterocycles. The molecular formula is C56H47N5. The van der Waals surface area contributed by atoms with Crippen LogP contribution in [-0.2, 0) is 10.8 Å². The van der Waals surface area contributed by atoms with Crippen molar-refractivity contribution in [2.75, 3.05) is 9.80 Å². The van der Waals surface area contributed by atoms with E-state index < -0.39 is 0 Å². The average molecular weight is 790 g/mol. The zero-order valence-electron chi connectivity index (χ0n) is 35.5. The number of benzene rings is 8. The molecule has 9 rings (SSSR count). The normalized spacial score (nSPS) is 11.7. The number of nitrogens with zero attached hydrogens (tertiary/aromatic N) is 5. The van der Waals surface area contributed by atoms with Crippen molar-refractivity contribution in [3.8, 4) is 17.8 Å². The Labute approximate surface area is 358 Å². The number of nitriles is 2. The molecule has 0 atom stereocenters. The molecule has 61 heavy (non-hydrogen) atoms. The van der Waals surface area contributed by atoms with Gasteiger partial charge in [-0.3, -0.25) is 0 Å². The monoisotopic (exact) mass is 789 g/mol. The highest BCUT2D eigenvalue weighted by Gasteiger charge is 2.22. The van der Waals surface area contributed by atoms with Crippen LogP contribution in [0.1, 0.15) is 63.8 Å². The van der Waals surface area contributed by atoms with Crippen molar-refractivity contribution in [2.24, 2.45) is 0 Å². The Morgan fingerprint density at radius 1 is 0.393 bits per heavy atom. The molecule has 5 heteroatoms.